The van der Waals surface area contributed by atoms with Crippen LogP contribution >= 0.6 is 0 Å². The highest BCUT2D eigenvalue weighted by atomic mass is 19.1. The first-order valence-electron chi connectivity index (χ1n) is 9.63. The summed E-state index contributed by atoms with van der Waals surface area (Å²) in [6, 6.07) is 0.0557. The fraction of sp³-hybridized carbons (Fsp3) is 0.409. The molecule has 4 rings (SSSR count). The molecule has 148 valence electrons. The van der Waals surface area contributed by atoms with Gasteiger partial charge in [-0.1, -0.05) is 36.8 Å². The largest absolute Gasteiger partial charge is 0.505 e. The Morgan fingerprint density at radius 2 is 2.11 bits per heavy atom. The predicted octanol–water partition coefficient (Wildman–Crippen LogP) is 4.04. The van der Waals surface area contributed by atoms with E-state index in [4.69, 9.17) is 4.74 Å². The van der Waals surface area contributed by atoms with Crippen molar-refractivity contribution in [2.24, 2.45) is 5.92 Å². The third-order valence-electron chi connectivity index (χ3n) is 5.68. The minimum Gasteiger partial charge on any atom is -0.505 e. The lowest BCUT2D eigenvalue weighted by atomic mass is 9.95. The van der Waals surface area contributed by atoms with E-state index >= 15 is 0 Å². The van der Waals surface area contributed by atoms with Gasteiger partial charge in [0.25, 0.3) is 5.91 Å². The lowest BCUT2D eigenvalue weighted by Gasteiger charge is -2.23. The average molecular weight is 384 g/mol. The van der Waals surface area contributed by atoms with Gasteiger partial charge in [-0.25, -0.2) is 4.39 Å². The molecule has 3 atom stereocenters. The Kier molecular flexibility index (Phi) is 4.65. The van der Waals surface area contributed by atoms with Crippen LogP contribution in [0.25, 0.3) is 6.08 Å². The number of methoxy groups -OCH3 is 1. The van der Waals surface area contributed by atoms with Crippen LogP contribution in [0.5, 0.6) is 11.5 Å². The summed E-state index contributed by atoms with van der Waals surface area (Å²) in [7, 11) is 1.58. The number of benzene rings is 1. The number of nitrogens with zero attached hydrogens (tertiary/aromatic N) is 1. The molecule has 3 aliphatic rings. The highest BCUT2D eigenvalue weighted by Gasteiger charge is 2.37. The second-order valence-corrected chi connectivity index (χ2v) is 7.70. The van der Waals surface area contributed by atoms with Crippen molar-refractivity contribution in [1.29, 1.82) is 0 Å². The standard InChI is InChI=1S/C22H25FN2O3/c1-12-10-14(5-7-17(12)23)8-9-25-11-16-18(22(25)27)20(26)19-15(21(16)28-3)6-4-13(2)24-19/h4-7,10,12-13,17,24,26H,8-9,11H2,1-3H3. The van der Waals surface area contributed by atoms with E-state index in [2.05, 4.69) is 5.32 Å². The highest BCUT2D eigenvalue weighted by Crippen LogP contribution is 2.47. The summed E-state index contributed by atoms with van der Waals surface area (Å²) < 4.78 is 19.2. The van der Waals surface area contributed by atoms with E-state index < -0.39 is 6.17 Å². The number of ether oxygens (including phenoxy) is 1. The van der Waals surface area contributed by atoms with Gasteiger partial charge in [-0.3, -0.25) is 4.79 Å². The van der Waals surface area contributed by atoms with Gasteiger partial charge in [0.05, 0.1) is 24.9 Å². The Hall–Kier alpha value is -2.76. The fourth-order valence-corrected chi connectivity index (χ4v) is 4.13. The number of alkyl halides is 1. The number of carbonyl (C=O) groups excluding carboxylic acids is 1. The van der Waals surface area contributed by atoms with Gasteiger partial charge in [0.15, 0.2) is 5.75 Å². The number of fused-ring (bicyclic) bond motifs is 2. The molecule has 0 saturated heterocycles. The molecule has 1 aromatic rings. The van der Waals surface area contributed by atoms with Gasteiger partial charge in [-0.15, -0.1) is 0 Å². The van der Waals surface area contributed by atoms with Crippen LogP contribution in [0.3, 0.4) is 0 Å². The first kappa shape index (κ1) is 18.6. The summed E-state index contributed by atoms with van der Waals surface area (Å²) in [4.78, 5) is 14.7. The number of carbonyl (C=O) groups is 1. The van der Waals surface area contributed by atoms with Crippen molar-refractivity contribution >= 4 is 17.7 Å². The van der Waals surface area contributed by atoms with Crippen molar-refractivity contribution < 1.29 is 19.0 Å². The molecule has 2 N–H and O–H groups in total. The summed E-state index contributed by atoms with van der Waals surface area (Å²) in [6.07, 6.45) is 8.91. The molecule has 0 radical (unpaired) electrons. The third-order valence-corrected chi connectivity index (χ3v) is 5.68. The van der Waals surface area contributed by atoms with Crippen LogP contribution in [0.15, 0.2) is 29.9 Å². The van der Waals surface area contributed by atoms with Gasteiger partial charge in [-0.05, 0) is 19.4 Å². The SMILES string of the molecule is COc1c2c(c(O)c3c1CN(CCC1=CC(C)C(F)C=C1)C3=O)NC(C)C=C2. The predicted molar refractivity (Wildman–Crippen MR) is 107 cm³/mol. The topological polar surface area (TPSA) is 61.8 Å². The van der Waals surface area contributed by atoms with Gasteiger partial charge in [0, 0.05) is 29.6 Å². The van der Waals surface area contributed by atoms with E-state index in [-0.39, 0.29) is 23.6 Å². The van der Waals surface area contributed by atoms with E-state index in [1.165, 1.54) is 0 Å². The Bertz CT molecular complexity index is 919. The second kappa shape index (κ2) is 7.00. The van der Waals surface area contributed by atoms with Gasteiger partial charge in [-0.2, -0.15) is 0 Å². The fourth-order valence-electron chi connectivity index (χ4n) is 4.13. The van der Waals surface area contributed by atoms with E-state index in [0.717, 1.165) is 16.7 Å². The van der Waals surface area contributed by atoms with Gasteiger partial charge >= 0.3 is 0 Å². The number of phenolic OH excluding ortho intramolecular Hbond substituents is 1. The zero-order valence-electron chi connectivity index (χ0n) is 16.3. The zero-order chi connectivity index (χ0) is 20.0. The van der Waals surface area contributed by atoms with E-state index in [0.29, 0.717) is 36.5 Å². The summed E-state index contributed by atoms with van der Waals surface area (Å²) in [5.41, 5.74) is 3.37. The molecule has 0 fully saturated rings. The quantitative estimate of drug-likeness (QED) is 0.769. The summed E-state index contributed by atoms with van der Waals surface area (Å²) in [6.45, 7) is 4.71. The molecule has 0 saturated carbocycles. The second-order valence-electron chi connectivity index (χ2n) is 7.70. The number of halogens is 1. The smallest absolute Gasteiger partial charge is 0.258 e. The van der Waals surface area contributed by atoms with E-state index in [9.17, 15) is 14.3 Å². The number of hydrogen-bond donors (Lipinski definition) is 2. The molecule has 2 heterocycles. The molecule has 0 aromatic heterocycles. The lowest BCUT2D eigenvalue weighted by Crippen LogP contribution is -2.25. The van der Waals surface area contributed by atoms with E-state index in [1.54, 1.807) is 24.2 Å². The molecule has 0 spiro atoms. The summed E-state index contributed by atoms with van der Waals surface area (Å²) in [5.74, 6) is 0.261. The number of allylic oxidation sites excluding steroid dienone is 3. The molecule has 5 nitrogen and oxygen atoms in total. The molecule has 1 amide bonds. The van der Waals surface area contributed by atoms with Crippen LogP contribution < -0.4 is 10.1 Å². The Labute approximate surface area is 164 Å². The number of phenols is 1. The monoisotopic (exact) mass is 384 g/mol. The van der Waals surface area contributed by atoms with Crippen LogP contribution in [0.2, 0.25) is 0 Å². The van der Waals surface area contributed by atoms with Crippen molar-refractivity contribution in [1.82, 2.24) is 4.90 Å². The van der Waals surface area contributed by atoms with Gasteiger partial charge in [0.1, 0.15) is 11.9 Å². The number of nitrogens with one attached hydrogen (secondary N) is 1. The molecule has 2 aliphatic heterocycles. The maximum atomic E-state index is 13.6. The van der Waals surface area contributed by atoms with Crippen molar-refractivity contribution in [3.05, 3.63) is 46.6 Å². The first-order valence-corrected chi connectivity index (χ1v) is 9.63. The number of rotatable bonds is 4. The number of hydrogen-bond acceptors (Lipinski definition) is 4. The molecule has 1 aromatic carbocycles. The molecule has 3 unspecified atom stereocenters. The zero-order valence-corrected chi connectivity index (χ0v) is 16.3. The first-order chi connectivity index (χ1) is 13.4. The Morgan fingerprint density at radius 1 is 1.32 bits per heavy atom. The summed E-state index contributed by atoms with van der Waals surface area (Å²) in [5, 5.41) is 14.0. The average Bonchev–Trinajstić information content (AvgIpc) is 3.00. The van der Waals surface area contributed by atoms with Crippen molar-refractivity contribution in [2.75, 3.05) is 19.0 Å². The molecular weight excluding hydrogens is 359 g/mol. The Morgan fingerprint density at radius 3 is 2.82 bits per heavy atom. The molecule has 28 heavy (non-hydrogen) atoms. The van der Waals surface area contributed by atoms with Crippen LogP contribution in [-0.4, -0.2) is 41.8 Å². The normalized spacial score (nSPS) is 25.3. The number of anilines is 1. The van der Waals surface area contributed by atoms with Crippen LogP contribution in [0.4, 0.5) is 10.1 Å². The van der Waals surface area contributed by atoms with Crippen LogP contribution in [-0.2, 0) is 6.54 Å². The van der Waals surface area contributed by atoms with Crippen LogP contribution in [0, 0.1) is 5.92 Å². The van der Waals surface area contributed by atoms with Gasteiger partial charge in [0.2, 0.25) is 0 Å². The van der Waals surface area contributed by atoms with Crippen LogP contribution in [0.1, 0.15) is 41.8 Å². The number of amides is 1. The minimum absolute atomic E-state index is 0.0137. The van der Waals surface area contributed by atoms with Gasteiger partial charge < -0.3 is 20.1 Å². The number of aromatic hydroxyl groups is 1. The molecule has 1 aliphatic carbocycles. The van der Waals surface area contributed by atoms with Crippen molar-refractivity contribution in [3.8, 4) is 11.5 Å². The lowest BCUT2D eigenvalue weighted by molar-refractivity contribution is 0.0778. The van der Waals surface area contributed by atoms with E-state index in [1.807, 2.05) is 32.1 Å². The summed E-state index contributed by atoms with van der Waals surface area (Å²) >= 11 is 0. The highest BCUT2D eigenvalue weighted by molar-refractivity contribution is 6.05. The molecule has 6 heteroatoms. The molecular formula is C22H25FN2O3. The maximum absolute atomic E-state index is 13.6. The Balaban J connectivity index is 1.60. The third kappa shape index (κ3) is 2.97. The van der Waals surface area contributed by atoms with Crippen molar-refractivity contribution in [2.45, 2.75) is 39.0 Å². The minimum atomic E-state index is -0.947. The molecule has 0 bridgehead atoms. The van der Waals surface area contributed by atoms with Crippen molar-refractivity contribution in [3.63, 3.8) is 0 Å². The maximum Gasteiger partial charge on any atom is 0.258 e.